The first-order valence-corrected chi connectivity index (χ1v) is 9.53. The molecule has 8 heteroatoms. The molecule has 0 aromatic heterocycles. The van der Waals surface area contributed by atoms with Crippen LogP contribution in [0.15, 0.2) is 53.4 Å². The number of hydrogen-bond donors (Lipinski definition) is 3. The minimum absolute atomic E-state index is 0.0482. The number of rotatable bonds is 5. The van der Waals surface area contributed by atoms with Gasteiger partial charge in [-0.2, -0.15) is 0 Å². The predicted octanol–water partition coefficient (Wildman–Crippen LogP) is 1.67. The average molecular weight is 376 g/mol. The molecule has 0 aliphatic heterocycles. The highest BCUT2D eigenvalue weighted by Gasteiger charge is 2.36. The van der Waals surface area contributed by atoms with E-state index < -0.39 is 21.7 Å². The van der Waals surface area contributed by atoms with E-state index in [1.807, 2.05) is 24.3 Å². The number of anilines is 1. The molecule has 1 aliphatic rings. The summed E-state index contributed by atoms with van der Waals surface area (Å²) in [4.78, 5) is 11.2. The number of fused-ring (bicyclic) bond motifs is 1. The third-order valence-corrected chi connectivity index (χ3v) is 5.76. The van der Waals surface area contributed by atoms with Crippen LogP contribution in [0.4, 0.5) is 10.5 Å². The van der Waals surface area contributed by atoms with Crippen molar-refractivity contribution in [2.45, 2.75) is 23.3 Å². The van der Waals surface area contributed by atoms with Crippen LogP contribution in [0.3, 0.4) is 0 Å². The van der Waals surface area contributed by atoms with Gasteiger partial charge >= 0.3 is 6.09 Å². The third-order valence-electron chi connectivity index (χ3n) is 4.35. The lowest BCUT2D eigenvalue weighted by Crippen LogP contribution is -2.43. The Balaban J connectivity index is 1.65. The Labute approximate surface area is 152 Å². The number of benzene rings is 2. The molecular formula is C18H20N2O5S. The zero-order valence-electron chi connectivity index (χ0n) is 14.2. The molecule has 2 aromatic rings. The maximum atomic E-state index is 12.5. The van der Waals surface area contributed by atoms with E-state index in [2.05, 4.69) is 14.8 Å². The number of nitrogens with one attached hydrogen (secondary N) is 2. The average Bonchev–Trinajstić information content (AvgIpc) is 2.97. The molecule has 138 valence electrons. The first-order chi connectivity index (χ1) is 12.3. The van der Waals surface area contributed by atoms with Crippen LogP contribution < -0.4 is 10.0 Å². The number of carbonyl (C=O) groups excluding carboxylic acids is 1. The van der Waals surface area contributed by atoms with Crippen LogP contribution in [-0.4, -0.2) is 38.9 Å². The van der Waals surface area contributed by atoms with E-state index in [0.29, 0.717) is 18.5 Å². The Morgan fingerprint density at radius 1 is 1.12 bits per heavy atom. The van der Waals surface area contributed by atoms with Crippen molar-refractivity contribution < 1.29 is 23.1 Å². The fourth-order valence-electron chi connectivity index (χ4n) is 3.00. The summed E-state index contributed by atoms with van der Waals surface area (Å²) >= 11 is 0. The molecule has 0 saturated heterocycles. The Bertz CT molecular complexity index is 884. The van der Waals surface area contributed by atoms with E-state index >= 15 is 0 Å². The fourth-order valence-corrected chi connectivity index (χ4v) is 4.12. The molecule has 0 atom stereocenters. The first kappa shape index (κ1) is 18.4. The van der Waals surface area contributed by atoms with Gasteiger partial charge in [-0.15, -0.1) is 0 Å². The summed E-state index contributed by atoms with van der Waals surface area (Å²) in [6.45, 7) is -0.0772. The Morgan fingerprint density at radius 2 is 1.69 bits per heavy atom. The van der Waals surface area contributed by atoms with Gasteiger partial charge in [-0.3, -0.25) is 5.32 Å². The zero-order chi connectivity index (χ0) is 18.8. The van der Waals surface area contributed by atoms with E-state index in [-0.39, 0.29) is 11.4 Å². The van der Waals surface area contributed by atoms with E-state index in [1.54, 1.807) is 0 Å². The SMILES string of the molecule is COC(=O)Nc1ccc(S(=O)(=O)NCC2(O)Cc3ccccc3C2)cc1. The zero-order valence-corrected chi connectivity index (χ0v) is 15.0. The van der Waals surface area contributed by atoms with Gasteiger partial charge in [0, 0.05) is 25.1 Å². The number of ether oxygens (including phenoxy) is 1. The van der Waals surface area contributed by atoms with Gasteiger partial charge in [0.25, 0.3) is 0 Å². The fraction of sp³-hybridized carbons (Fsp3) is 0.278. The summed E-state index contributed by atoms with van der Waals surface area (Å²) in [6, 6.07) is 13.4. The summed E-state index contributed by atoms with van der Waals surface area (Å²) in [5, 5.41) is 13.2. The van der Waals surface area contributed by atoms with Crippen LogP contribution in [-0.2, 0) is 27.6 Å². The normalized spacial score (nSPS) is 15.3. The molecule has 0 radical (unpaired) electrons. The largest absolute Gasteiger partial charge is 0.453 e. The van der Waals surface area contributed by atoms with E-state index in [0.717, 1.165) is 11.1 Å². The van der Waals surface area contributed by atoms with Crippen molar-refractivity contribution in [2.24, 2.45) is 0 Å². The van der Waals surface area contributed by atoms with Crippen molar-refractivity contribution >= 4 is 21.8 Å². The maximum Gasteiger partial charge on any atom is 0.411 e. The minimum Gasteiger partial charge on any atom is -0.453 e. The third kappa shape index (κ3) is 4.04. The van der Waals surface area contributed by atoms with Crippen LogP contribution in [0.2, 0.25) is 0 Å². The van der Waals surface area contributed by atoms with Gasteiger partial charge in [-0.1, -0.05) is 24.3 Å². The molecule has 26 heavy (non-hydrogen) atoms. The highest BCUT2D eigenvalue weighted by molar-refractivity contribution is 7.89. The molecule has 0 heterocycles. The number of aliphatic hydroxyl groups is 1. The van der Waals surface area contributed by atoms with Crippen molar-refractivity contribution in [1.29, 1.82) is 0 Å². The van der Waals surface area contributed by atoms with E-state index in [9.17, 15) is 18.3 Å². The van der Waals surface area contributed by atoms with Crippen molar-refractivity contribution in [1.82, 2.24) is 4.72 Å². The highest BCUT2D eigenvalue weighted by atomic mass is 32.2. The molecule has 0 saturated carbocycles. The van der Waals surface area contributed by atoms with Crippen LogP contribution in [0.5, 0.6) is 0 Å². The van der Waals surface area contributed by atoms with Crippen molar-refractivity contribution in [2.75, 3.05) is 19.0 Å². The molecule has 0 spiro atoms. The second kappa shape index (κ2) is 7.06. The van der Waals surface area contributed by atoms with Gasteiger partial charge in [0.05, 0.1) is 17.6 Å². The Kier molecular flexibility index (Phi) is 4.99. The summed E-state index contributed by atoms with van der Waals surface area (Å²) in [5.41, 5.74) is 1.35. The summed E-state index contributed by atoms with van der Waals surface area (Å²) in [6.07, 6.45) is 0.184. The van der Waals surface area contributed by atoms with Crippen LogP contribution in [0.25, 0.3) is 0 Å². The molecular weight excluding hydrogens is 356 g/mol. The van der Waals surface area contributed by atoms with Crippen molar-refractivity contribution in [3.05, 3.63) is 59.7 Å². The lowest BCUT2D eigenvalue weighted by Gasteiger charge is -2.22. The molecule has 0 bridgehead atoms. The topological polar surface area (TPSA) is 105 Å². The van der Waals surface area contributed by atoms with Crippen LogP contribution >= 0.6 is 0 Å². The van der Waals surface area contributed by atoms with E-state index in [1.165, 1.54) is 31.4 Å². The lowest BCUT2D eigenvalue weighted by molar-refractivity contribution is 0.0567. The van der Waals surface area contributed by atoms with E-state index in [4.69, 9.17) is 0 Å². The molecule has 1 amide bonds. The molecule has 0 unspecified atom stereocenters. The maximum absolute atomic E-state index is 12.5. The van der Waals surface area contributed by atoms with Gasteiger partial charge in [-0.25, -0.2) is 17.9 Å². The minimum atomic E-state index is -3.78. The smallest absolute Gasteiger partial charge is 0.411 e. The second-order valence-corrected chi connectivity index (χ2v) is 8.08. The number of amides is 1. The molecule has 0 fully saturated rings. The summed E-state index contributed by atoms with van der Waals surface area (Å²) in [7, 11) is -2.54. The highest BCUT2D eigenvalue weighted by Crippen LogP contribution is 2.29. The predicted molar refractivity (Wildman–Crippen MR) is 96.5 cm³/mol. The second-order valence-electron chi connectivity index (χ2n) is 6.31. The van der Waals surface area contributed by atoms with Gasteiger partial charge in [0.1, 0.15) is 0 Å². The van der Waals surface area contributed by atoms with Crippen molar-refractivity contribution in [3.8, 4) is 0 Å². The lowest BCUT2D eigenvalue weighted by atomic mass is 10.0. The van der Waals surface area contributed by atoms with Gasteiger partial charge in [0.2, 0.25) is 10.0 Å². The summed E-state index contributed by atoms with van der Waals surface area (Å²) in [5.74, 6) is 0. The monoisotopic (exact) mass is 376 g/mol. The molecule has 2 aromatic carbocycles. The van der Waals surface area contributed by atoms with Crippen molar-refractivity contribution in [3.63, 3.8) is 0 Å². The van der Waals surface area contributed by atoms with Gasteiger partial charge in [0.15, 0.2) is 0 Å². The Morgan fingerprint density at radius 3 is 2.23 bits per heavy atom. The van der Waals surface area contributed by atoms with Gasteiger partial charge in [-0.05, 0) is 35.4 Å². The summed E-state index contributed by atoms with van der Waals surface area (Å²) < 4.78 is 31.9. The quantitative estimate of drug-likeness (QED) is 0.736. The number of hydrogen-bond acceptors (Lipinski definition) is 5. The standard InChI is InChI=1S/C18H20N2O5S/c1-25-17(21)20-15-6-8-16(9-7-15)26(23,24)19-12-18(22)10-13-4-2-3-5-14(13)11-18/h2-9,19,22H,10-12H2,1H3,(H,20,21). The van der Waals surface area contributed by atoms with Gasteiger partial charge < -0.3 is 9.84 Å². The first-order valence-electron chi connectivity index (χ1n) is 8.05. The van der Waals surface area contributed by atoms with Crippen LogP contribution in [0, 0.1) is 0 Å². The molecule has 3 rings (SSSR count). The molecule has 7 nitrogen and oxygen atoms in total. The Hall–Kier alpha value is -2.42. The molecule has 1 aliphatic carbocycles. The molecule has 3 N–H and O–H groups in total. The number of methoxy groups -OCH3 is 1. The number of carbonyl (C=O) groups is 1. The van der Waals surface area contributed by atoms with Crippen LogP contribution in [0.1, 0.15) is 11.1 Å². The number of sulfonamides is 1.